The van der Waals surface area contributed by atoms with Crippen LogP contribution in [0.3, 0.4) is 0 Å². The van der Waals surface area contributed by atoms with Crippen LogP contribution in [0.15, 0.2) is 42.5 Å². The Morgan fingerprint density at radius 3 is 2.68 bits per heavy atom. The zero-order valence-electron chi connectivity index (χ0n) is 15.9. The van der Waals surface area contributed by atoms with Gasteiger partial charge < -0.3 is 9.47 Å². The van der Waals surface area contributed by atoms with Crippen molar-refractivity contribution >= 4 is 28.5 Å². The Hall–Kier alpha value is -2.40. The highest BCUT2D eigenvalue weighted by Gasteiger charge is 2.26. The average molecular weight is 400 g/mol. The highest BCUT2D eigenvalue weighted by atomic mass is 35.5. The van der Waals surface area contributed by atoms with Crippen LogP contribution >= 0.6 is 11.6 Å². The quantitative estimate of drug-likeness (QED) is 0.541. The van der Waals surface area contributed by atoms with Crippen LogP contribution < -0.4 is 0 Å². The molecule has 0 radical (unpaired) electrons. The predicted molar refractivity (Wildman–Crippen MR) is 109 cm³/mol. The number of nitrogens with zero attached hydrogens (tertiary/aromatic N) is 3. The minimum absolute atomic E-state index is 0.107. The lowest BCUT2D eigenvalue weighted by molar-refractivity contribution is 0.0737. The van der Waals surface area contributed by atoms with Gasteiger partial charge >= 0.3 is 0 Å². The molecule has 2 aromatic carbocycles. The number of benzene rings is 2. The molecule has 4 rings (SSSR count). The fourth-order valence-electron chi connectivity index (χ4n) is 3.50. The van der Waals surface area contributed by atoms with Crippen LogP contribution in [-0.2, 0) is 13.1 Å². The second-order valence-electron chi connectivity index (χ2n) is 7.45. The summed E-state index contributed by atoms with van der Waals surface area (Å²) < 4.78 is 15.4. The molecule has 0 bridgehead atoms. The van der Waals surface area contributed by atoms with E-state index in [1.54, 1.807) is 4.90 Å². The molecule has 4 nitrogen and oxygen atoms in total. The van der Waals surface area contributed by atoms with E-state index >= 15 is 0 Å². The Kier molecular flexibility index (Phi) is 5.36. The molecule has 1 aliphatic rings. The molecule has 0 N–H and O–H groups in total. The summed E-state index contributed by atoms with van der Waals surface area (Å²) in [4.78, 5) is 19.6. The van der Waals surface area contributed by atoms with E-state index in [0.29, 0.717) is 29.6 Å². The van der Waals surface area contributed by atoms with Gasteiger partial charge in [0.2, 0.25) is 0 Å². The molecule has 28 heavy (non-hydrogen) atoms. The van der Waals surface area contributed by atoms with Crippen molar-refractivity contribution in [2.45, 2.75) is 39.3 Å². The lowest BCUT2D eigenvalue weighted by Crippen LogP contribution is -2.32. The molecule has 1 aromatic heterocycles. The number of rotatable bonds is 7. The molecule has 1 fully saturated rings. The third-order valence-electron chi connectivity index (χ3n) is 5.13. The molecule has 3 aromatic rings. The largest absolute Gasteiger partial charge is 0.331 e. The minimum atomic E-state index is -0.346. The maximum absolute atomic E-state index is 13.2. The average Bonchev–Trinajstić information content (AvgIpc) is 3.44. The Morgan fingerprint density at radius 1 is 1.25 bits per heavy atom. The van der Waals surface area contributed by atoms with Gasteiger partial charge in [-0.15, -0.1) is 0 Å². The van der Waals surface area contributed by atoms with Gasteiger partial charge in [-0.1, -0.05) is 18.5 Å². The topological polar surface area (TPSA) is 38.1 Å². The highest BCUT2D eigenvalue weighted by Crippen LogP contribution is 2.33. The fraction of sp³-hybridized carbons (Fsp3) is 0.364. The third-order valence-corrected chi connectivity index (χ3v) is 5.37. The number of carbonyl (C=O) groups excluding carboxylic acids is 1. The molecule has 0 atom stereocenters. The van der Waals surface area contributed by atoms with E-state index in [1.165, 1.54) is 37.1 Å². The summed E-state index contributed by atoms with van der Waals surface area (Å²) in [5, 5.41) is 0.684. The van der Waals surface area contributed by atoms with Crippen LogP contribution in [0.25, 0.3) is 11.0 Å². The first-order chi connectivity index (χ1) is 13.5. The van der Waals surface area contributed by atoms with Crippen LogP contribution in [0.4, 0.5) is 4.39 Å². The van der Waals surface area contributed by atoms with Crippen molar-refractivity contribution in [2.75, 3.05) is 6.54 Å². The van der Waals surface area contributed by atoms with Gasteiger partial charge in [0, 0.05) is 23.7 Å². The molecule has 1 aliphatic carbocycles. The molecule has 1 amide bonds. The predicted octanol–water partition coefficient (Wildman–Crippen LogP) is 5.29. The van der Waals surface area contributed by atoms with Crippen LogP contribution in [-0.4, -0.2) is 26.9 Å². The van der Waals surface area contributed by atoms with Crippen molar-refractivity contribution in [3.05, 3.63) is 64.7 Å². The van der Waals surface area contributed by atoms with E-state index in [2.05, 4.69) is 4.57 Å². The van der Waals surface area contributed by atoms with Gasteiger partial charge in [0.25, 0.3) is 5.91 Å². The van der Waals surface area contributed by atoms with Gasteiger partial charge in [-0.2, -0.15) is 0 Å². The molecular formula is C22H23ClFN3O. The van der Waals surface area contributed by atoms with Crippen molar-refractivity contribution in [1.29, 1.82) is 0 Å². The second-order valence-corrected chi connectivity index (χ2v) is 7.89. The molecule has 0 spiro atoms. The molecule has 6 heteroatoms. The van der Waals surface area contributed by atoms with Crippen LogP contribution in [0.2, 0.25) is 5.02 Å². The van der Waals surface area contributed by atoms with Gasteiger partial charge in [0.15, 0.2) is 0 Å². The number of hydrogen-bond donors (Lipinski definition) is 0. The molecular weight excluding hydrogens is 377 g/mol. The summed E-state index contributed by atoms with van der Waals surface area (Å²) in [5.41, 5.74) is 2.40. The SMILES string of the molecule is CCCN(Cc1nc2ccc(Cl)cc2n1CC1CC1)C(=O)c1ccc(F)cc1. The summed E-state index contributed by atoms with van der Waals surface area (Å²) in [6.07, 6.45) is 3.29. The summed E-state index contributed by atoms with van der Waals surface area (Å²) in [7, 11) is 0. The van der Waals surface area contributed by atoms with Crippen LogP contribution in [0.5, 0.6) is 0 Å². The van der Waals surface area contributed by atoms with Gasteiger partial charge in [-0.05, 0) is 67.6 Å². The second kappa shape index (κ2) is 7.92. The maximum Gasteiger partial charge on any atom is 0.254 e. The summed E-state index contributed by atoms with van der Waals surface area (Å²) in [5.74, 6) is 1.09. The highest BCUT2D eigenvalue weighted by molar-refractivity contribution is 6.31. The van der Waals surface area contributed by atoms with E-state index < -0.39 is 0 Å². The number of amides is 1. The van der Waals surface area contributed by atoms with Crippen LogP contribution in [0, 0.1) is 11.7 Å². The maximum atomic E-state index is 13.2. The van der Waals surface area contributed by atoms with Crippen molar-refractivity contribution in [3.8, 4) is 0 Å². The number of halogens is 2. The van der Waals surface area contributed by atoms with E-state index in [4.69, 9.17) is 16.6 Å². The number of fused-ring (bicyclic) bond motifs is 1. The Morgan fingerprint density at radius 2 is 2.00 bits per heavy atom. The first-order valence-electron chi connectivity index (χ1n) is 9.74. The van der Waals surface area contributed by atoms with Crippen molar-refractivity contribution in [2.24, 2.45) is 5.92 Å². The molecule has 1 saturated carbocycles. The van der Waals surface area contributed by atoms with Crippen molar-refractivity contribution < 1.29 is 9.18 Å². The number of carbonyl (C=O) groups is 1. The summed E-state index contributed by atoms with van der Waals surface area (Å²) in [6, 6.07) is 11.4. The molecule has 1 heterocycles. The van der Waals surface area contributed by atoms with Gasteiger partial charge in [0.1, 0.15) is 11.6 Å². The fourth-order valence-corrected chi connectivity index (χ4v) is 3.66. The Balaban J connectivity index is 1.67. The normalized spacial score (nSPS) is 13.8. The summed E-state index contributed by atoms with van der Waals surface area (Å²) >= 11 is 6.21. The molecule has 0 aliphatic heterocycles. The Labute approximate surface area is 168 Å². The van der Waals surface area contributed by atoms with Gasteiger partial charge in [-0.3, -0.25) is 4.79 Å². The number of aromatic nitrogens is 2. The van der Waals surface area contributed by atoms with Crippen LogP contribution in [0.1, 0.15) is 42.4 Å². The zero-order valence-corrected chi connectivity index (χ0v) is 16.6. The lowest BCUT2D eigenvalue weighted by Gasteiger charge is -2.22. The van der Waals surface area contributed by atoms with E-state index in [0.717, 1.165) is 29.8 Å². The van der Waals surface area contributed by atoms with Gasteiger partial charge in [-0.25, -0.2) is 9.37 Å². The third kappa shape index (κ3) is 4.04. The van der Waals surface area contributed by atoms with E-state index in [9.17, 15) is 9.18 Å². The first-order valence-corrected chi connectivity index (χ1v) is 10.1. The smallest absolute Gasteiger partial charge is 0.254 e. The standard InChI is InChI=1S/C22H23ClFN3O/c1-2-11-26(22(28)16-5-8-18(24)9-6-16)14-21-25-19-10-7-17(23)12-20(19)27(21)13-15-3-4-15/h5-10,12,15H,2-4,11,13-14H2,1H3. The van der Waals surface area contributed by atoms with Crippen molar-refractivity contribution in [3.63, 3.8) is 0 Å². The van der Waals surface area contributed by atoms with E-state index in [-0.39, 0.29) is 11.7 Å². The number of hydrogen-bond acceptors (Lipinski definition) is 2. The summed E-state index contributed by atoms with van der Waals surface area (Å²) in [6.45, 7) is 3.97. The van der Waals surface area contributed by atoms with Crippen molar-refractivity contribution in [1.82, 2.24) is 14.5 Å². The first kappa shape index (κ1) is 18.9. The lowest BCUT2D eigenvalue weighted by atomic mass is 10.2. The molecule has 0 saturated heterocycles. The van der Waals surface area contributed by atoms with Gasteiger partial charge in [0.05, 0.1) is 17.6 Å². The molecule has 0 unspecified atom stereocenters. The monoisotopic (exact) mass is 399 g/mol. The Bertz CT molecular complexity index is 995. The molecule has 146 valence electrons. The minimum Gasteiger partial charge on any atom is -0.331 e. The van der Waals surface area contributed by atoms with E-state index in [1.807, 2.05) is 25.1 Å². The zero-order chi connectivity index (χ0) is 19.7. The number of imidazole rings is 1.